The molecule has 5 nitrogen and oxygen atoms in total. The number of halogens is 1. The maximum absolute atomic E-state index is 12.6. The molecule has 0 saturated carbocycles. The largest absolute Gasteiger partial charge is 0.485 e. The lowest BCUT2D eigenvalue weighted by Gasteiger charge is -2.40. The summed E-state index contributed by atoms with van der Waals surface area (Å²) in [5.74, 6) is 0.517. The van der Waals surface area contributed by atoms with E-state index in [9.17, 15) is 9.59 Å². The summed E-state index contributed by atoms with van der Waals surface area (Å²) in [5, 5.41) is 0.574. The van der Waals surface area contributed by atoms with Crippen LogP contribution in [0.15, 0.2) is 24.3 Å². The highest BCUT2D eigenvalue weighted by Crippen LogP contribution is 2.30. The Labute approximate surface area is 147 Å². The average molecular weight is 351 g/mol. The third kappa shape index (κ3) is 3.36. The van der Waals surface area contributed by atoms with E-state index in [1.165, 1.54) is 0 Å². The summed E-state index contributed by atoms with van der Waals surface area (Å²) in [4.78, 5) is 28.3. The van der Waals surface area contributed by atoms with Crippen LogP contribution in [0.4, 0.5) is 0 Å². The number of benzene rings is 1. The van der Waals surface area contributed by atoms with Gasteiger partial charge >= 0.3 is 0 Å². The molecule has 2 amide bonds. The van der Waals surface area contributed by atoms with Gasteiger partial charge in [-0.3, -0.25) is 9.59 Å². The molecule has 0 aromatic heterocycles. The molecule has 0 N–H and O–H groups in total. The highest BCUT2D eigenvalue weighted by atomic mass is 35.5. The summed E-state index contributed by atoms with van der Waals surface area (Å²) < 4.78 is 5.82. The second kappa shape index (κ2) is 6.28. The summed E-state index contributed by atoms with van der Waals surface area (Å²) >= 11 is 6.08. The van der Waals surface area contributed by atoms with Gasteiger partial charge in [0.15, 0.2) is 0 Å². The fourth-order valence-electron chi connectivity index (χ4n) is 3.19. The zero-order chi connectivity index (χ0) is 17.5. The van der Waals surface area contributed by atoms with E-state index in [0.717, 1.165) is 0 Å². The van der Waals surface area contributed by atoms with Crippen molar-refractivity contribution < 1.29 is 14.3 Å². The summed E-state index contributed by atoms with van der Waals surface area (Å²) in [6.07, 6.45) is 0.271. The normalized spacial score (nSPS) is 21.8. The molecule has 0 radical (unpaired) electrons. The van der Waals surface area contributed by atoms with Gasteiger partial charge in [-0.05, 0) is 32.9 Å². The molecule has 0 bridgehead atoms. The van der Waals surface area contributed by atoms with Crippen molar-refractivity contribution in [2.45, 2.75) is 38.8 Å². The standard InChI is InChI=1S/C18H23ClN2O3/c1-18(2,3)21-9-12(8-16(21)22)17(23)20-10-13(11-20)24-15-7-5-4-6-14(15)19/h4-7,12-13H,8-11H2,1-3H3. The smallest absolute Gasteiger partial charge is 0.228 e. The van der Waals surface area contributed by atoms with E-state index >= 15 is 0 Å². The highest BCUT2D eigenvalue weighted by molar-refractivity contribution is 6.32. The number of ether oxygens (including phenoxy) is 1. The molecule has 1 aromatic carbocycles. The quantitative estimate of drug-likeness (QED) is 0.841. The average Bonchev–Trinajstić information content (AvgIpc) is 2.85. The first-order valence-electron chi connectivity index (χ1n) is 8.26. The van der Waals surface area contributed by atoms with Gasteiger partial charge in [0, 0.05) is 18.5 Å². The molecule has 1 aromatic rings. The number of para-hydroxylation sites is 1. The molecular weight excluding hydrogens is 328 g/mol. The van der Waals surface area contributed by atoms with Crippen molar-refractivity contribution in [3.05, 3.63) is 29.3 Å². The lowest BCUT2D eigenvalue weighted by Crippen LogP contribution is -2.58. The third-order valence-electron chi connectivity index (χ3n) is 4.57. The van der Waals surface area contributed by atoms with Gasteiger partial charge < -0.3 is 14.5 Å². The van der Waals surface area contributed by atoms with Gasteiger partial charge in [0.2, 0.25) is 11.8 Å². The van der Waals surface area contributed by atoms with Crippen LogP contribution in [0.25, 0.3) is 0 Å². The van der Waals surface area contributed by atoms with Crippen LogP contribution in [0.2, 0.25) is 5.02 Å². The Kier molecular flexibility index (Phi) is 4.47. The maximum Gasteiger partial charge on any atom is 0.228 e. The number of likely N-dealkylation sites (tertiary alicyclic amines) is 2. The third-order valence-corrected chi connectivity index (χ3v) is 4.89. The fraction of sp³-hybridized carbons (Fsp3) is 0.556. The Balaban J connectivity index is 1.52. The molecule has 0 spiro atoms. The zero-order valence-corrected chi connectivity index (χ0v) is 15.0. The molecule has 2 saturated heterocycles. The summed E-state index contributed by atoms with van der Waals surface area (Å²) in [7, 11) is 0. The first-order valence-corrected chi connectivity index (χ1v) is 8.64. The minimum Gasteiger partial charge on any atom is -0.485 e. The zero-order valence-electron chi connectivity index (χ0n) is 14.3. The predicted molar refractivity (Wildman–Crippen MR) is 92.0 cm³/mol. The Morgan fingerprint density at radius 1 is 1.21 bits per heavy atom. The summed E-state index contributed by atoms with van der Waals surface area (Å²) in [5.41, 5.74) is -0.239. The van der Waals surface area contributed by atoms with E-state index < -0.39 is 0 Å². The first-order chi connectivity index (χ1) is 11.3. The van der Waals surface area contributed by atoms with Gasteiger partial charge in [0.25, 0.3) is 0 Å². The molecule has 1 atom stereocenters. The van der Waals surface area contributed by atoms with Crippen LogP contribution in [0.5, 0.6) is 5.75 Å². The number of rotatable bonds is 3. The van der Waals surface area contributed by atoms with E-state index in [2.05, 4.69) is 0 Å². The van der Waals surface area contributed by atoms with Gasteiger partial charge in [-0.2, -0.15) is 0 Å². The number of hydrogen-bond donors (Lipinski definition) is 0. The molecule has 3 rings (SSSR count). The first kappa shape index (κ1) is 17.1. The predicted octanol–water partition coefficient (Wildman–Crippen LogP) is 2.58. The van der Waals surface area contributed by atoms with E-state index in [4.69, 9.17) is 16.3 Å². The molecule has 2 aliphatic heterocycles. The van der Waals surface area contributed by atoms with E-state index in [1.807, 2.05) is 39.0 Å². The number of nitrogens with zero attached hydrogens (tertiary/aromatic N) is 2. The Hall–Kier alpha value is -1.75. The number of amides is 2. The Morgan fingerprint density at radius 2 is 1.88 bits per heavy atom. The molecule has 2 heterocycles. The molecule has 2 fully saturated rings. The lowest BCUT2D eigenvalue weighted by atomic mass is 10.0. The summed E-state index contributed by atoms with van der Waals surface area (Å²) in [6, 6.07) is 7.32. The number of hydrogen-bond acceptors (Lipinski definition) is 3. The van der Waals surface area contributed by atoms with Crippen molar-refractivity contribution >= 4 is 23.4 Å². The van der Waals surface area contributed by atoms with Gasteiger partial charge in [-0.15, -0.1) is 0 Å². The maximum atomic E-state index is 12.6. The fourth-order valence-corrected chi connectivity index (χ4v) is 3.37. The van der Waals surface area contributed by atoms with Crippen molar-refractivity contribution in [3.8, 4) is 5.75 Å². The summed E-state index contributed by atoms with van der Waals surface area (Å²) in [6.45, 7) is 7.58. The van der Waals surface area contributed by atoms with Crippen LogP contribution < -0.4 is 4.74 Å². The number of carbonyl (C=O) groups excluding carboxylic acids is 2. The molecule has 0 aliphatic carbocycles. The monoisotopic (exact) mass is 350 g/mol. The SMILES string of the molecule is CC(C)(C)N1CC(C(=O)N2CC(Oc3ccccc3Cl)C2)CC1=O. The van der Waals surface area contributed by atoms with E-state index in [1.54, 1.807) is 15.9 Å². The van der Waals surface area contributed by atoms with Crippen molar-refractivity contribution in [1.82, 2.24) is 9.80 Å². The second-order valence-corrected chi connectivity index (χ2v) is 7.90. The topological polar surface area (TPSA) is 49.9 Å². The van der Waals surface area contributed by atoms with Crippen LogP contribution in [-0.2, 0) is 9.59 Å². The minimum absolute atomic E-state index is 0.0373. The van der Waals surface area contributed by atoms with Crippen LogP contribution in [0.3, 0.4) is 0 Å². The molecule has 24 heavy (non-hydrogen) atoms. The Morgan fingerprint density at radius 3 is 2.46 bits per heavy atom. The molecule has 1 unspecified atom stereocenters. The van der Waals surface area contributed by atoms with Gasteiger partial charge in [-0.1, -0.05) is 23.7 Å². The van der Waals surface area contributed by atoms with Crippen LogP contribution >= 0.6 is 11.6 Å². The minimum atomic E-state index is -0.239. The highest BCUT2D eigenvalue weighted by Gasteiger charge is 2.43. The van der Waals surface area contributed by atoms with Gasteiger partial charge in [0.1, 0.15) is 11.9 Å². The van der Waals surface area contributed by atoms with Crippen molar-refractivity contribution in [1.29, 1.82) is 0 Å². The number of carbonyl (C=O) groups is 2. The Bertz CT molecular complexity index is 650. The van der Waals surface area contributed by atoms with Crippen LogP contribution in [0, 0.1) is 5.92 Å². The molecular formula is C18H23ClN2O3. The molecule has 130 valence electrons. The second-order valence-electron chi connectivity index (χ2n) is 7.49. The van der Waals surface area contributed by atoms with Crippen molar-refractivity contribution in [3.63, 3.8) is 0 Å². The van der Waals surface area contributed by atoms with E-state index in [-0.39, 0.29) is 29.4 Å². The lowest BCUT2D eigenvalue weighted by molar-refractivity contribution is -0.144. The van der Waals surface area contributed by atoms with Crippen LogP contribution in [0.1, 0.15) is 27.2 Å². The molecule has 6 heteroatoms. The van der Waals surface area contributed by atoms with E-state index in [0.29, 0.717) is 36.8 Å². The van der Waals surface area contributed by atoms with Crippen molar-refractivity contribution in [2.24, 2.45) is 5.92 Å². The van der Waals surface area contributed by atoms with Crippen molar-refractivity contribution in [2.75, 3.05) is 19.6 Å². The van der Waals surface area contributed by atoms with Gasteiger partial charge in [0.05, 0.1) is 24.0 Å². The molecule has 2 aliphatic rings. The van der Waals surface area contributed by atoms with Crippen LogP contribution in [-0.4, -0.2) is 52.9 Å². The van der Waals surface area contributed by atoms with Gasteiger partial charge in [-0.25, -0.2) is 0 Å².